The summed E-state index contributed by atoms with van der Waals surface area (Å²) in [5.74, 6) is -0.103. The highest BCUT2D eigenvalue weighted by Crippen LogP contribution is 2.41. The van der Waals surface area contributed by atoms with E-state index in [0.29, 0.717) is 37.9 Å². The molecule has 6 nitrogen and oxygen atoms in total. The van der Waals surface area contributed by atoms with Gasteiger partial charge in [-0.15, -0.1) is 0 Å². The van der Waals surface area contributed by atoms with Gasteiger partial charge in [0.05, 0.1) is 22.8 Å². The predicted octanol–water partition coefficient (Wildman–Crippen LogP) is 3.70. The van der Waals surface area contributed by atoms with Crippen molar-refractivity contribution in [2.75, 3.05) is 13.1 Å². The maximum absolute atomic E-state index is 12.7. The van der Waals surface area contributed by atoms with Crippen molar-refractivity contribution in [3.05, 3.63) is 71.3 Å². The van der Waals surface area contributed by atoms with Gasteiger partial charge in [-0.3, -0.25) is 4.79 Å². The van der Waals surface area contributed by atoms with Crippen molar-refractivity contribution in [1.82, 2.24) is 4.90 Å². The summed E-state index contributed by atoms with van der Waals surface area (Å²) in [4.78, 5) is 31.0. The number of nitrogens with zero attached hydrogens (tertiary/aromatic N) is 3. The molecule has 2 amide bonds. The first-order valence-corrected chi connectivity index (χ1v) is 9.68. The van der Waals surface area contributed by atoms with Gasteiger partial charge in [-0.05, 0) is 36.1 Å². The lowest BCUT2D eigenvalue weighted by molar-refractivity contribution is -0.128. The Bertz CT molecular complexity index is 982. The second-order valence-corrected chi connectivity index (χ2v) is 7.54. The number of nitriles is 1. The Labute approximate surface area is 169 Å². The molecule has 1 saturated heterocycles. The second-order valence-electron chi connectivity index (χ2n) is 7.54. The van der Waals surface area contributed by atoms with E-state index in [1.165, 1.54) is 0 Å². The molecule has 0 atom stereocenters. The second kappa shape index (κ2) is 7.88. The normalized spacial score (nSPS) is 17.7. The van der Waals surface area contributed by atoms with Crippen molar-refractivity contribution >= 4 is 17.7 Å². The molecule has 146 valence electrons. The van der Waals surface area contributed by atoms with E-state index < -0.39 is 5.41 Å². The lowest BCUT2D eigenvalue weighted by Crippen LogP contribution is -2.45. The first-order valence-electron chi connectivity index (χ1n) is 9.68. The molecular weight excluding hydrogens is 366 g/mol. The van der Waals surface area contributed by atoms with Crippen LogP contribution in [0.4, 0.5) is 4.79 Å². The maximum atomic E-state index is 12.7. The molecule has 2 heterocycles. The summed E-state index contributed by atoms with van der Waals surface area (Å²) >= 11 is 0. The van der Waals surface area contributed by atoms with E-state index in [1.807, 2.05) is 42.5 Å². The fraction of sp³-hybridized carbons (Fsp3) is 0.304. The minimum absolute atomic E-state index is 0.103. The molecule has 2 aromatic carbocycles. The van der Waals surface area contributed by atoms with Crippen LogP contribution in [0.3, 0.4) is 0 Å². The maximum Gasteiger partial charge on any atom is 0.410 e. The Kier molecular flexibility index (Phi) is 5.13. The Morgan fingerprint density at radius 3 is 2.45 bits per heavy atom. The van der Waals surface area contributed by atoms with Gasteiger partial charge in [0.1, 0.15) is 6.61 Å². The molecule has 0 saturated carbocycles. The number of ether oxygens (including phenoxy) is 1. The van der Waals surface area contributed by atoms with Crippen LogP contribution in [0.5, 0.6) is 0 Å². The number of aliphatic imine (C=N–C) groups is 1. The van der Waals surface area contributed by atoms with Crippen LogP contribution in [-0.4, -0.2) is 35.7 Å². The lowest BCUT2D eigenvalue weighted by atomic mass is 9.75. The van der Waals surface area contributed by atoms with E-state index in [1.54, 1.807) is 17.0 Å². The molecule has 6 heteroatoms. The van der Waals surface area contributed by atoms with Gasteiger partial charge in [-0.1, -0.05) is 42.5 Å². The first kappa shape index (κ1) is 18.9. The molecule has 2 aromatic rings. The fourth-order valence-electron chi connectivity index (χ4n) is 3.90. The SMILES string of the molecule is N#Cc1ccc(C2=NC(=O)C3(CCN(C(=O)OCc4ccccc4)CC3)C2)cc1. The van der Waals surface area contributed by atoms with Gasteiger partial charge in [0, 0.05) is 19.5 Å². The summed E-state index contributed by atoms with van der Waals surface area (Å²) in [5.41, 5.74) is 2.63. The highest BCUT2D eigenvalue weighted by atomic mass is 16.6. The first-order chi connectivity index (χ1) is 14.1. The number of piperidine rings is 1. The van der Waals surface area contributed by atoms with Crippen molar-refractivity contribution in [2.45, 2.75) is 25.9 Å². The van der Waals surface area contributed by atoms with Crippen LogP contribution >= 0.6 is 0 Å². The van der Waals surface area contributed by atoms with Crippen LogP contribution in [0.15, 0.2) is 59.6 Å². The van der Waals surface area contributed by atoms with Gasteiger partial charge in [-0.2, -0.15) is 5.26 Å². The summed E-state index contributed by atoms with van der Waals surface area (Å²) in [5, 5.41) is 8.93. The third kappa shape index (κ3) is 3.90. The van der Waals surface area contributed by atoms with Gasteiger partial charge < -0.3 is 9.64 Å². The minimum Gasteiger partial charge on any atom is -0.445 e. The molecule has 0 unspecified atom stereocenters. The Balaban J connectivity index is 1.34. The minimum atomic E-state index is -0.528. The largest absolute Gasteiger partial charge is 0.445 e. The van der Waals surface area contributed by atoms with E-state index in [0.717, 1.165) is 16.8 Å². The van der Waals surface area contributed by atoms with Crippen LogP contribution in [0, 0.1) is 16.7 Å². The van der Waals surface area contributed by atoms with Crippen LogP contribution in [0.1, 0.15) is 36.0 Å². The Hall–Kier alpha value is -3.46. The van der Waals surface area contributed by atoms with Crippen molar-refractivity contribution in [1.29, 1.82) is 5.26 Å². The molecule has 1 spiro atoms. The topological polar surface area (TPSA) is 82.8 Å². The Morgan fingerprint density at radius 1 is 1.10 bits per heavy atom. The Morgan fingerprint density at radius 2 is 1.79 bits per heavy atom. The average molecular weight is 387 g/mol. The zero-order valence-electron chi connectivity index (χ0n) is 16.0. The molecule has 0 radical (unpaired) electrons. The molecule has 2 aliphatic heterocycles. The van der Waals surface area contributed by atoms with Gasteiger partial charge >= 0.3 is 6.09 Å². The number of carbonyl (C=O) groups is 2. The molecule has 29 heavy (non-hydrogen) atoms. The molecule has 0 N–H and O–H groups in total. The summed E-state index contributed by atoms with van der Waals surface area (Å²) in [6, 6.07) is 18.8. The fourth-order valence-corrected chi connectivity index (χ4v) is 3.90. The predicted molar refractivity (Wildman–Crippen MR) is 107 cm³/mol. The number of likely N-dealkylation sites (tertiary alicyclic amines) is 1. The zero-order chi connectivity index (χ0) is 20.3. The van der Waals surface area contributed by atoms with E-state index in [9.17, 15) is 9.59 Å². The van der Waals surface area contributed by atoms with E-state index >= 15 is 0 Å². The number of amides is 2. The van der Waals surface area contributed by atoms with Crippen LogP contribution in [0.25, 0.3) is 0 Å². The van der Waals surface area contributed by atoms with E-state index in [2.05, 4.69) is 11.1 Å². The average Bonchev–Trinajstić information content (AvgIpc) is 3.09. The third-order valence-electron chi connectivity index (χ3n) is 5.73. The third-order valence-corrected chi connectivity index (χ3v) is 5.73. The van der Waals surface area contributed by atoms with Crippen molar-refractivity contribution in [2.24, 2.45) is 10.4 Å². The quantitative estimate of drug-likeness (QED) is 0.804. The number of hydrogen-bond acceptors (Lipinski definition) is 4. The molecule has 0 aromatic heterocycles. The molecular formula is C23H21N3O3. The van der Waals surface area contributed by atoms with Gasteiger partial charge in [-0.25, -0.2) is 9.79 Å². The van der Waals surface area contributed by atoms with Gasteiger partial charge in [0.25, 0.3) is 5.91 Å². The molecule has 1 fully saturated rings. The monoisotopic (exact) mass is 387 g/mol. The van der Waals surface area contributed by atoms with E-state index in [-0.39, 0.29) is 18.6 Å². The van der Waals surface area contributed by atoms with Gasteiger partial charge in [0.15, 0.2) is 0 Å². The zero-order valence-corrected chi connectivity index (χ0v) is 16.0. The number of benzene rings is 2. The van der Waals surface area contributed by atoms with Gasteiger partial charge in [0.2, 0.25) is 0 Å². The van der Waals surface area contributed by atoms with Crippen LogP contribution < -0.4 is 0 Å². The van der Waals surface area contributed by atoms with Crippen molar-refractivity contribution in [3.8, 4) is 6.07 Å². The molecule has 0 aliphatic carbocycles. The summed E-state index contributed by atoms with van der Waals surface area (Å²) in [6.07, 6.45) is 1.39. The summed E-state index contributed by atoms with van der Waals surface area (Å²) < 4.78 is 5.40. The summed E-state index contributed by atoms with van der Waals surface area (Å²) in [7, 11) is 0. The van der Waals surface area contributed by atoms with Crippen molar-refractivity contribution in [3.63, 3.8) is 0 Å². The van der Waals surface area contributed by atoms with Crippen LogP contribution in [0.2, 0.25) is 0 Å². The number of rotatable bonds is 3. The smallest absolute Gasteiger partial charge is 0.410 e. The highest BCUT2D eigenvalue weighted by Gasteiger charge is 2.47. The molecule has 4 rings (SSSR count). The lowest BCUT2D eigenvalue weighted by Gasteiger charge is -2.36. The number of carbonyl (C=O) groups excluding carboxylic acids is 2. The van der Waals surface area contributed by atoms with Crippen LogP contribution in [-0.2, 0) is 16.1 Å². The highest BCUT2D eigenvalue weighted by molar-refractivity contribution is 6.13. The summed E-state index contributed by atoms with van der Waals surface area (Å²) in [6.45, 7) is 1.21. The number of hydrogen-bond donors (Lipinski definition) is 0. The van der Waals surface area contributed by atoms with Crippen molar-refractivity contribution < 1.29 is 14.3 Å². The molecule has 2 aliphatic rings. The standard InChI is InChI=1S/C23H21N3O3/c24-15-17-6-8-19(9-7-17)20-14-23(21(27)25-20)10-12-26(13-11-23)22(28)29-16-18-4-2-1-3-5-18/h1-9H,10-14,16H2. The molecule has 0 bridgehead atoms. The van der Waals surface area contributed by atoms with E-state index in [4.69, 9.17) is 10.00 Å².